The van der Waals surface area contributed by atoms with Crippen molar-refractivity contribution in [2.75, 3.05) is 42.9 Å². The second kappa shape index (κ2) is 14.7. The van der Waals surface area contributed by atoms with Gasteiger partial charge in [0, 0.05) is 50.7 Å². The van der Waals surface area contributed by atoms with Gasteiger partial charge in [-0.3, -0.25) is 24.6 Å². The number of anilines is 2. The number of urea groups is 1. The number of fused-ring (bicyclic) bond motifs is 1. The maximum Gasteiger partial charge on any atom is 0.329 e. The summed E-state index contributed by atoms with van der Waals surface area (Å²) in [6, 6.07) is 13.2. The van der Waals surface area contributed by atoms with Crippen LogP contribution < -0.4 is 15.5 Å². The molecule has 0 saturated carbocycles. The van der Waals surface area contributed by atoms with Crippen LogP contribution in [0.2, 0.25) is 5.02 Å². The Morgan fingerprint density at radius 2 is 1.72 bits per heavy atom. The first-order valence-electron chi connectivity index (χ1n) is 17.7. The summed E-state index contributed by atoms with van der Waals surface area (Å²) in [6.45, 7) is 3.73. The first-order valence-corrected chi connectivity index (χ1v) is 20.3. The fourth-order valence-electron chi connectivity index (χ4n) is 7.38. The van der Waals surface area contributed by atoms with Crippen LogP contribution in [0, 0.1) is 0 Å². The van der Waals surface area contributed by atoms with Gasteiger partial charge in [0.2, 0.25) is 21.9 Å². The molecule has 3 aliphatic heterocycles. The number of thiazole rings is 1. The summed E-state index contributed by atoms with van der Waals surface area (Å²) >= 11 is 7.49. The monoisotopic (exact) mass is 774 g/mol. The molecule has 14 nitrogen and oxygen atoms in total. The van der Waals surface area contributed by atoms with Crippen molar-refractivity contribution in [3.8, 4) is 10.4 Å². The van der Waals surface area contributed by atoms with Crippen molar-refractivity contribution in [1.29, 1.82) is 0 Å². The molecule has 2 aromatic carbocycles. The van der Waals surface area contributed by atoms with E-state index in [-0.39, 0.29) is 23.3 Å². The zero-order valence-corrected chi connectivity index (χ0v) is 31.5. The topological polar surface area (TPSA) is 159 Å². The third-order valence-corrected chi connectivity index (χ3v) is 13.4. The lowest BCUT2D eigenvalue weighted by Gasteiger charge is -2.31. The molecule has 3 saturated heterocycles. The number of amides is 3. The molecule has 276 valence electrons. The molecular formula is C36H39ClN10O4S2. The molecule has 3 aliphatic rings. The minimum absolute atomic E-state index is 0.0759. The van der Waals surface area contributed by atoms with Gasteiger partial charge in [0.15, 0.2) is 5.82 Å². The number of aromatic nitrogens is 5. The van der Waals surface area contributed by atoms with E-state index >= 15 is 0 Å². The van der Waals surface area contributed by atoms with E-state index in [4.69, 9.17) is 16.6 Å². The normalized spacial score (nSPS) is 18.5. The number of likely N-dealkylation sites (tertiary alicyclic amines) is 1. The van der Waals surface area contributed by atoms with Crippen LogP contribution in [0.3, 0.4) is 0 Å². The van der Waals surface area contributed by atoms with E-state index in [1.807, 2.05) is 25.4 Å². The molecular weight excluding hydrogens is 736 g/mol. The first-order chi connectivity index (χ1) is 25.6. The summed E-state index contributed by atoms with van der Waals surface area (Å²) in [6.07, 6.45) is 8.47. The maximum atomic E-state index is 13.7. The summed E-state index contributed by atoms with van der Waals surface area (Å²) in [5.41, 5.74) is 3.05. The van der Waals surface area contributed by atoms with Crippen molar-refractivity contribution in [2.24, 2.45) is 7.05 Å². The summed E-state index contributed by atoms with van der Waals surface area (Å²) in [4.78, 5) is 42.4. The number of carbonyl (C=O) groups is 2. The Kier molecular flexibility index (Phi) is 9.89. The van der Waals surface area contributed by atoms with Gasteiger partial charge in [-0.25, -0.2) is 28.2 Å². The van der Waals surface area contributed by atoms with Gasteiger partial charge in [-0.1, -0.05) is 29.8 Å². The molecule has 0 atom stereocenters. The van der Waals surface area contributed by atoms with Gasteiger partial charge in [0.05, 0.1) is 39.3 Å². The van der Waals surface area contributed by atoms with Gasteiger partial charge >= 0.3 is 6.03 Å². The Hall–Kier alpha value is -4.48. The van der Waals surface area contributed by atoms with Crippen molar-refractivity contribution < 1.29 is 18.0 Å². The average Bonchev–Trinajstić information content (AvgIpc) is 3.77. The van der Waals surface area contributed by atoms with E-state index in [9.17, 15) is 18.0 Å². The van der Waals surface area contributed by atoms with Crippen LogP contribution in [0.25, 0.3) is 21.3 Å². The first kappa shape index (κ1) is 35.5. The van der Waals surface area contributed by atoms with Crippen molar-refractivity contribution in [3.05, 3.63) is 76.6 Å². The molecule has 6 heterocycles. The minimum Gasteiger partial charge on any atom is -0.351 e. The molecule has 3 fully saturated rings. The van der Waals surface area contributed by atoms with Crippen LogP contribution >= 0.6 is 22.9 Å². The lowest BCUT2D eigenvalue weighted by molar-refractivity contribution is -0.120. The molecule has 0 spiro atoms. The largest absolute Gasteiger partial charge is 0.351 e. The number of imide groups is 1. The number of aryl methyl sites for hydroxylation is 1. The molecule has 3 aromatic heterocycles. The van der Waals surface area contributed by atoms with Gasteiger partial charge in [0.1, 0.15) is 5.01 Å². The number of halogens is 1. The predicted molar refractivity (Wildman–Crippen MR) is 203 cm³/mol. The van der Waals surface area contributed by atoms with Crippen molar-refractivity contribution in [1.82, 2.24) is 39.3 Å². The van der Waals surface area contributed by atoms with Crippen LogP contribution in [-0.2, 0) is 28.4 Å². The van der Waals surface area contributed by atoms with E-state index in [1.54, 1.807) is 38.5 Å². The Labute approximate surface area is 316 Å². The van der Waals surface area contributed by atoms with Crippen LogP contribution in [-0.4, -0.2) is 93.1 Å². The molecule has 2 N–H and O–H groups in total. The van der Waals surface area contributed by atoms with Crippen molar-refractivity contribution in [3.63, 3.8) is 0 Å². The highest BCUT2D eigenvalue weighted by atomic mass is 35.5. The Bertz CT molecular complexity index is 2260. The van der Waals surface area contributed by atoms with E-state index in [1.165, 1.54) is 22.9 Å². The second-order valence-corrected chi connectivity index (χ2v) is 17.2. The Morgan fingerprint density at radius 1 is 0.943 bits per heavy atom. The van der Waals surface area contributed by atoms with Gasteiger partial charge in [-0.05, 0) is 80.1 Å². The van der Waals surface area contributed by atoms with Crippen LogP contribution in [0.15, 0.2) is 66.0 Å². The highest BCUT2D eigenvalue weighted by molar-refractivity contribution is 7.89. The molecule has 0 aliphatic carbocycles. The summed E-state index contributed by atoms with van der Waals surface area (Å²) in [5.74, 6) is 1.19. The lowest BCUT2D eigenvalue weighted by Crippen LogP contribution is -2.49. The molecule has 17 heteroatoms. The average molecular weight is 775 g/mol. The fourth-order valence-corrected chi connectivity index (χ4v) is 9.95. The molecule has 3 amide bonds. The van der Waals surface area contributed by atoms with Gasteiger partial charge in [-0.15, -0.1) is 11.3 Å². The molecule has 5 aromatic rings. The smallest absolute Gasteiger partial charge is 0.329 e. The number of carbonyl (C=O) groups excluding carboxylic acids is 2. The molecule has 0 unspecified atom stereocenters. The van der Waals surface area contributed by atoms with Crippen LogP contribution in [0.5, 0.6) is 0 Å². The Balaban J connectivity index is 0.864. The number of rotatable bonds is 9. The molecule has 0 radical (unpaired) electrons. The van der Waals surface area contributed by atoms with Gasteiger partial charge < -0.3 is 5.32 Å². The highest BCUT2D eigenvalue weighted by Gasteiger charge is 2.31. The molecule has 53 heavy (non-hydrogen) atoms. The van der Waals surface area contributed by atoms with Crippen LogP contribution in [0.1, 0.15) is 48.6 Å². The maximum absolute atomic E-state index is 13.7. The Morgan fingerprint density at radius 3 is 2.47 bits per heavy atom. The fraction of sp³-hybridized carbons (Fsp3) is 0.389. The van der Waals surface area contributed by atoms with E-state index in [2.05, 4.69) is 42.7 Å². The van der Waals surface area contributed by atoms with E-state index in [0.717, 1.165) is 58.8 Å². The lowest BCUT2D eigenvalue weighted by atomic mass is 9.89. The van der Waals surface area contributed by atoms with Crippen molar-refractivity contribution in [2.45, 2.75) is 55.5 Å². The quantitative estimate of drug-likeness (QED) is 0.203. The van der Waals surface area contributed by atoms with E-state index in [0.29, 0.717) is 55.2 Å². The minimum atomic E-state index is -3.66. The number of nitrogens with zero attached hydrogens (tertiary/aromatic N) is 8. The SMILES string of the molecule is Cn1nc(N2CCC(=O)NC2=O)c2ccc(C3CCN(Cc4ncc(-c5cccc(S(=O)(=O)N6CCC(Nc7ncc(Cl)cn7)CC6)c5)s4)CC3)cc21. The predicted octanol–water partition coefficient (Wildman–Crippen LogP) is 5.23. The number of hydrogen-bond donors (Lipinski definition) is 2. The standard InChI is InChI=1S/C36H39ClN10O4S2/c1-44-30-18-24(5-6-29(30)34(43-44)47-16-11-32(48)42-36(47)49)23-7-12-45(13-8-23)22-33-38-21-31(52-33)25-3-2-4-28(17-25)53(50,51)46-14-9-27(10-15-46)41-35-39-19-26(37)20-40-35/h2-6,17-21,23,27H,7-16,22H2,1H3,(H,39,40,41)(H,42,48,49). The van der Waals surface area contributed by atoms with Gasteiger partial charge in [0.25, 0.3) is 0 Å². The number of sulfonamides is 1. The second-order valence-electron chi connectivity index (χ2n) is 13.7. The van der Waals surface area contributed by atoms with Crippen LogP contribution in [0.4, 0.5) is 16.6 Å². The molecule has 0 bridgehead atoms. The number of benzene rings is 2. The zero-order valence-electron chi connectivity index (χ0n) is 29.1. The zero-order chi connectivity index (χ0) is 36.7. The summed E-state index contributed by atoms with van der Waals surface area (Å²) in [5, 5.41) is 12.6. The third-order valence-electron chi connectivity index (χ3n) is 10.3. The summed E-state index contributed by atoms with van der Waals surface area (Å²) in [7, 11) is -1.78. The number of nitrogens with one attached hydrogen (secondary N) is 2. The third kappa shape index (κ3) is 7.51. The van der Waals surface area contributed by atoms with Crippen molar-refractivity contribution >= 4 is 67.6 Å². The van der Waals surface area contributed by atoms with E-state index < -0.39 is 16.1 Å². The van der Waals surface area contributed by atoms with Gasteiger partial charge in [-0.2, -0.15) is 9.40 Å². The summed E-state index contributed by atoms with van der Waals surface area (Å²) < 4.78 is 30.7. The molecule has 8 rings (SSSR count). The number of piperidine rings is 2. The number of hydrogen-bond acceptors (Lipinski definition) is 11. The highest BCUT2D eigenvalue weighted by Crippen LogP contribution is 2.35.